The third-order valence-corrected chi connectivity index (χ3v) is 10.9. The standard InChI is InChI=1S/C33H51N5S/c1-24(2)32-17-14-21-38(32)27(5)31(34-26(4)30-18-22-37(7)35-30)16-13-11-9-10-12-15-28-23-29(28)25(3)36-39(8)33(6)19-20-33/h12,15,18,22,28-29,31-32,34,36H,1,3-5,8-11,13-14,16-17,19-21,23H2,2,6-7H3/b15-12-. The van der Waals surface area contributed by atoms with E-state index in [9.17, 15) is 0 Å². The minimum Gasteiger partial charge on any atom is -0.375 e. The fourth-order valence-corrected chi connectivity index (χ4v) is 6.98. The highest BCUT2D eigenvalue weighted by Crippen LogP contribution is 2.52. The quantitative estimate of drug-likeness (QED) is 0.121. The number of nitrogens with one attached hydrogen (secondary N) is 2. The van der Waals surface area contributed by atoms with Crippen LogP contribution in [0.15, 0.2) is 67.7 Å². The molecule has 0 bridgehead atoms. The van der Waals surface area contributed by atoms with Crippen LogP contribution >= 0.6 is 10.7 Å². The first-order valence-corrected chi connectivity index (χ1v) is 16.2. The Morgan fingerprint density at radius 1 is 1.23 bits per heavy atom. The normalized spacial score (nSPS) is 24.8. The molecule has 2 N–H and O–H groups in total. The summed E-state index contributed by atoms with van der Waals surface area (Å²) in [5.74, 6) is 5.61. The molecule has 0 spiro atoms. The van der Waals surface area contributed by atoms with E-state index in [1.165, 1.54) is 49.8 Å². The molecular weight excluding hydrogens is 498 g/mol. The molecule has 2 saturated carbocycles. The Kier molecular flexibility index (Phi) is 9.69. The summed E-state index contributed by atoms with van der Waals surface area (Å²) in [5.41, 5.74) is 5.34. The summed E-state index contributed by atoms with van der Waals surface area (Å²) in [6.45, 7) is 23.0. The Labute approximate surface area is 240 Å². The van der Waals surface area contributed by atoms with Crippen molar-refractivity contribution in [2.75, 3.05) is 6.54 Å². The number of allylic oxidation sites excluding steroid dienone is 3. The molecule has 0 radical (unpaired) electrons. The highest BCUT2D eigenvalue weighted by molar-refractivity contribution is 8.13. The number of aryl methyl sites for hydroxylation is 1. The summed E-state index contributed by atoms with van der Waals surface area (Å²) in [6, 6.07) is 2.55. The van der Waals surface area contributed by atoms with Gasteiger partial charge in [-0.3, -0.25) is 4.68 Å². The molecule has 4 rings (SSSR count). The van der Waals surface area contributed by atoms with Crippen LogP contribution in [-0.4, -0.2) is 43.9 Å². The molecule has 0 aromatic carbocycles. The summed E-state index contributed by atoms with van der Waals surface area (Å²) >= 11 is 0. The van der Waals surface area contributed by atoms with E-state index < -0.39 is 0 Å². The summed E-state index contributed by atoms with van der Waals surface area (Å²) in [5, 5.41) is 8.21. The Balaban J connectivity index is 1.20. The summed E-state index contributed by atoms with van der Waals surface area (Å²) in [7, 11) is 1.95. The van der Waals surface area contributed by atoms with Crippen LogP contribution in [0.4, 0.5) is 0 Å². The first-order valence-electron chi connectivity index (χ1n) is 14.8. The first-order chi connectivity index (χ1) is 18.6. The monoisotopic (exact) mass is 549 g/mol. The third kappa shape index (κ3) is 7.81. The van der Waals surface area contributed by atoms with E-state index in [4.69, 9.17) is 0 Å². The Morgan fingerprint density at radius 3 is 2.67 bits per heavy atom. The molecule has 1 saturated heterocycles. The molecule has 5 nitrogen and oxygen atoms in total. The van der Waals surface area contributed by atoms with Crippen molar-refractivity contribution in [1.82, 2.24) is 24.7 Å². The lowest BCUT2D eigenvalue weighted by molar-refractivity contribution is 0.317. The fourth-order valence-electron chi connectivity index (χ4n) is 5.67. The Morgan fingerprint density at radius 2 is 2.00 bits per heavy atom. The fraction of sp³-hybridized carbons (Fsp3) is 0.576. The van der Waals surface area contributed by atoms with E-state index in [1.54, 1.807) is 0 Å². The van der Waals surface area contributed by atoms with Gasteiger partial charge in [-0.1, -0.05) is 73.4 Å². The van der Waals surface area contributed by atoms with Crippen LogP contribution in [0, 0.1) is 11.8 Å². The lowest BCUT2D eigenvalue weighted by Gasteiger charge is -2.34. The molecule has 2 aliphatic carbocycles. The summed E-state index contributed by atoms with van der Waals surface area (Å²) in [4.78, 5) is 2.46. The zero-order valence-corrected chi connectivity index (χ0v) is 25.5. The van der Waals surface area contributed by atoms with Crippen molar-refractivity contribution in [2.45, 2.75) is 94.9 Å². The van der Waals surface area contributed by atoms with Gasteiger partial charge in [0.25, 0.3) is 0 Å². The number of nitrogens with zero attached hydrogens (tertiary/aromatic N) is 3. The summed E-state index contributed by atoms with van der Waals surface area (Å²) in [6.07, 6.45) is 18.7. The molecule has 0 amide bonds. The van der Waals surface area contributed by atoms with Gasteiger partial charge < -0.3 is 14.9 Å². The zero-order valence-electron chi connectivity index (χ0n) is 24.7. The molecule has 3 aliphatic rings. The van der Waals surface area contributed by atoms with Crippen LogP contribution in [0.5, 0.6) is 0 Å². The van der Waals surface area contributed by atoms with Crippen molar-refractivity contribution in [1.29, 1.82) is 0 Å². The van der Waals surface area contributed by atoms with E-state index >= 15 is 0 Å². The second kappa shape index (κ2) is 12.8. The number of likely N-dealkylation sites (tertiary alicyclic amines) is 1. The SMILES string of the molecule is C=C(NC(CCCCC/C=C\C1CC1C(=C)NS(=C)C1(C)CC1)C(=C)N1CCCC1C(=C)C)c1ccn(C)n1. The van der Waals surface area contributed by atoms with E-state index in [0.717, 1.165) is 49.3 Å². The van der Waals surface area contributed by atoms with Crippen molar-refractivity contribution < 1.29 is 0 Å². The van der Waals surface area contributed by atoms with Gasteiger partial charge in [-0.2, -0.15) is 5.10 Å². The predicted molar refractivity (Wildman–Crippen MR) is 171 cm³/mol. The molecule has 6 heteroatoms. The topological polar surface area (TPSA) is 45.1 Å². The molecule has 5 unspecified atom stereocenters. The maximum atomic E-state index is 4.56. The average molecular weight is 550 g/mol. The van der Waals surface area contributed by atoms with Crippen LogP contribution in [0.25, 0.3) is 5.70 Å². The van der Waals surface area contributed by atoms with Crippen molar-refractivity contribution in [3.63, 3.8) is 0 Å². The van der Waals surface area contributed by atoms with Crippen molar-refractivity contribution in [3.05, 3.63) is 73.4 Å². The highest BCUT2D eigenvalue weighted by Gasteiger charge is 2.42. The van der Waals surface area contributed by atoms with E-state index in [-0.39, 0.29) is 16.7 Å². The van der Waals surface area contributed by atoms with E-state index in [1.807, 2.05) is 24.0 Å². The van der Waals surface area contributed by atoms with E-state index in [2.05, 4.69) is 78.2 Å². The maximum absolute atomic E-state index is 4.56. The average Bonchev–Trinajstić information content (AvgIpc) is 3.72. The number of unbranched alkanes of at least 4 members (excludes halogenated alkanes) is 3. The van der Waals surface area contributed by atoms with Gasteiger partial charge in [-0.25, -0.2) is 0 Å². The van der Waals surface area contributed by atoms with Gasteiger partial charge >= 0.3 is 0 Å². The minimum absolute atomic E-state index is 0.00787. The summed E-state index contributed by atoms with van der Waals surface area (Å²) < 4.78 is 5.85. The molecule has 1 aliphatic heterocycles. The van der Waals surface area contributed by atoms with Crippen LogP contribution in [0.2, 0.25) is 0 Å². The van der Waals surface area contributed by atoms with Crippen LogP contribution in [0.3, 0.4) is 0 Å². The van der Waals surface area contributed by atoms with Crippen LogP contribution in [-0.2, 0) is 7.05 Å². The van der Waals surface area contributed by atoms with Crippen molar-refractivity contribution >= 4 is 22.2 Å². The zero-order chi connectivity index (χ0) is 28.2. The number of aromatic nitrogens is 2. The van der Waals surface area contributed by atoms with Gasteiger partial charge in [-0.05, 0) is 77.2 Å². The molecule has 1 aromatic heterocycles. The van der Waals surface area contributed by atoms with Gasteiger partial charge in [0.05, 0.1) is 11.7 Å². The second-order valence-electron chi connectivity index (χ2n) is 12.3. The maximum Gasteiger partial charge on any atom is 0.108 e. The highest BCUT2D eigenvalue weighted by atomic mass is 32.2. The second-order valence-corrected chi connectivity index (χ2v) is 14.3. The minimum atomic E-state index is 0.00787. The molecule has 214 valence electrons. The molecule has 39 heavy (non-hydrogen) atoms. The molecule has 5 atom stereocenters. The van der Waals surface area contributed by atoms with Gasteiger partial charge in [0.15, 0.2) is 0 Å². The smallest absolute Gasteiger partial charge is 0.108 e. The Bertz CT molecular complexity index is 1120. The molecule has 1 aromatic rings. The lowest BCUT2D eigenvalue weighted by Crippen LogP contribution is -2.40. The van der Waals surface area contributed by atoms with Crippen LogP contribution in [0.1, 0.15) is 83.7 Å². The number of hydrogen-bond donors (Lipinski definition) is 2. The molecular formula is C33H51N5S. The van der Waals surface area contributed by atoms with Gasteiger partial charge in [0, 0.05) is 47.9 Å². The van der Waals surface area contributed by atoms with Crippen LogP contribution < -0.4 is 10.0 Å². The number of hydrogen-bond acceptors (Lipinski definition) is 4. The van der Waals surface area contributed by atoms with Gasteiger partial charge in [0.2, 0.25) is 0 Å². The largest absolute Gasteiger partial charge is 0.375 e. The lowest BCUT2D eigenvalue weighted by atomic mass is 10.0. The molecule has 3 fully saturated rings. The number of rotatable bonds is 17. The van der Waals surface area contributed by atoms with Gasteiger partial charge in [0.1, 0.15) is 5.69 Å². The Hall–Kier alpha value is -2.47. The van der Waals surface area contributed by atoms with Crippen molar-refractivity contribution in [2.24, 2.45) is 18.9 Å². The van der Waals surface area contributed by atoms with Crippen molar-refractivity contribution in [3.8, 4) is 0 Å². The van der Waals surface area contributed by atoms with Gasteiger partial charge in [-0.15, -0.1) is 0 Å². The van der Waals surface area contributed by atoms with E-state index in [0.29, 0.717) is 22.6 Å². The first kappa shape index (κ1) is 29.5. The molecule has 2 heterocycles. The third-order valence-electron chi connectivity index (χ3n) is 8.80. The predicted octanol–water partition coefficient (Wildman–Crippen LogP) is 7.32.